The van der Waals surface area contributed by atoms with Crippen LogP contribution >= 0.6 is 11.8 Å². The van der Waals surface area contributed by atoms with E-state index in [-0.39, 0.29) is 0 Å². The first-order valence-corrected chi connectivity index (χ1v) is 13.1. The molecule has 0 bridgehead atoms. The first-order chi connectivity index (χ1) is 19.9. The molecule has 0 aliphatic carbocycles. The van der Waals surface area contributed by atoms with Gasteiger partial charge in [0.05, 0.1) is 20.3 Å². The molecule has 15 nitrogen and oxygen atoms in total. The molecule has 0 unspecified atom stereocenters. The number of hydrogen-bond donors (Lipinski definition) is 2. The van der Waals surface area contributed by atoms with E-state index in [0.29, 0.717) is 11.8 Å². The summed E-state index contributed by atoms with van der Waals surface area (Å²) < 4.78 is 70.1. The van der Waals surface area contributed by atoms with Crippen molar-refractivity contribution in [2.45, 2.75) is 69.2 Å². The van der Waals surface area contributed by atoms with E-state index in [1.165, 1.54) is 0 Å². The Labute approximate surface area is 247 Å². The minimum Gasteiger partial charge on any atom is -0.467 e. The van der Waals surface area contributed by atoms with Crippen LogP contribution in [0.25, 0.3) is 0 Å². The van der Waals surface area contributed by atoms with Gasteiger partial charge < -0.3 is 39.1 Å². The number of ether oxygens (including phenoxy) is 6. The van der Waals surface area contributed by atoms with Crippen molar-refractivity contribution in [3.05, 3.63) is 12.2 Å². The van der Waals surface area contributed by atoms with Crippen LogP contribution in [0.1, 0.15) is 27.7 Å². The summed E-state index contributed by atoms with van der Waals surface area (Å²) in [5, 5.41) is 3.94. The van der Waals surface area contributed by atoms with E-state index in [2.05, 4.69) is 10.1 Å². The number of thioether (sulfide) groups is 1. The van der Waals surface area contributed by atoms with Gasteiger partial charge in [0.25, 0.3) is 0 Å². The number of hydrogen-bond acceptors (Lipinski definition) is 14. The quantitative estimate of drug-likeness (QED) is 0.150. The van der Waals surface area contributed by atoms with Crippen molar-refractivity contribution in [3.63, 3.8) is 0 Å². The third-order valence-corrected chi connectivity index (χ3v) is 6.63. The average Bonchev–Trinajstić information content (AvgIpc) is 2.90. The van der Waals surface area contributed by atoms with Crippen LogP contribution in [-0.4, -0.2) is 110 Å². The number of rotatable bonds is 13. The van der Waals surface area contributed by atoms with Crippen molar-refractivity contribution in [2.75, 3.05) is 26.6 Å². The third-order valence-electron chi connectivity index (χ3n) is 5.30. The van der Waals surface area contributed by atoms with Gasteiger partial charge in [-0.1, -0.05) is 6.08 Å². The monoisotopic (exact) mass is 644 g/mol. The SMILES string of the molecule is COC(=O)[C@H](CS[C@]1(C(=O)OC)C=C[C@@H](NC(=O)C(F)(F)F)[C@H]([C@H](OC(C)=O)[C@@H](COC(C)=O)OC(C)=O)O1)NC(C)=O. The van der Waals surface area contributed by atoms with Crippen molar-refractivity contribution in [1.29, 1.82) is 0 Å². The molecule has 1 aliphatic heterocycles. The zero-order chi connectivity index (χ0) is 33.1. The zero-order valence-corrected chi connectivity index (χ0v) is 24.6. The molecule has 0 radical (unpaired) electrons. The Kier molecular flexibility index (Phi) is 13.9. The molecule has 2 amide bonds. The van der Waals surface area contributed by atoms with Crippen molar-refractivity contribution in [3.8, 4) is 0 Å². The first-order valence-electron chi connectivity index (χ1n) is 12.2. The van der Waals surface area contributed by atoms with Crippen LogP contribution in [0.2, 0.25) is 0 Å². The van der Waals surface area contributed by atoms with Crippen LogP contribution < -0.4 is 10.6 Å². The molecule has 0 aromatic rings. The number of carbonyl (C=O) groups is 7. The van der Waals surface area contributed by atoms with E-state index in [1.54, 1.807) is 5.32 Å². The van der Waals surface area contributed by atoms with Gasteiger partial charge in [-0.05, 0) is 6.08 Å². The number of esters is 5. The highest BCUT2D eigenvalue weighted by atomic mass is 32.2. The largest absolute Gasteiger partial charge is 0.471 e. The number of halogens is 3. The standard InChI is InChI=1S/C24H31F3N2O13S/c1-11(30)28-16(20(34)37-5)10-43-23(22(36)38-6)8-7-15(29-21(35)24(25,26)27)18(42-23)19(41-14(4)33)17(40-13(3)32)9-39-12(2)31/h7-8,15-19H,9-10H2,1-6H3,(H,28,30)(H,29,35)/t15-,16+,17-,18-,19-,23+/m1/s1. The predicted octanol–water partition coefficient (Wildman–Crippen LogP) is -0.305. The Morgan fingerprint density at radius 1 is 0.953 bits per heavy atom. The van der Waals surface area contributed by atoms with Gasteiger partial charge in [-0.3, -0.25) is 24.0 Å². The highest BCUT2D eigenvalue weighted by Gasteiger charge is 2.53. The molecule has 1 aliphatic rings. The molecular formula is C24H31F3N2O13S. The lowest BCUT2D eigenvalue weighted by Crippen LogP contribution is -2.62. The van der Waals surface area contributed by atoms with Crippen LogP contribution in [0.4, 0.5) is 13.2 Å². The summed E-state index contributed by atoms with van der Waals surface area (Å²) >= 11 is 0.514. The number of methoxy groups -OCH3 is 2. The molecule has 0 fully saturated rings. The van der Waals surface area contributed by atoms with Crippen molar-refractivity contribution < 1.29 is 75.2 Å². The maximum Gasteiger partial charge on any atom is 0.471 e. The molecule has 2 N–H and O–H groups in total. The van der Waals surface area contributed by atoms with Gasteiger partial charge in [0.2, 0.25) is 10.8 Å². The molecule has 0 saturated carbocycles. The molecule has 0 saturated heterocycles. The summed E-state index contributed by atoms with van der Waals surface area (Å²) in [4.78, 5) is 81.9. The molecule has 0 aromatic heterocycles. The van der Waals surface area contributed by atoms with Gasteiger partial charge in [-0.2, -0.15) is 13.2 Å². The predicted molar refractivity (Wildman–Crippen MR) is 137 cm³/mol. The Bertz CT molecular complexity index is 1120. The molecule has 6 atom stereocenters. The number of amides is 2. The number of alkyl halides is 3. The maximum atomic E-state index is 13.2. The Morgan fingerprint density at radius 2 is 1.56 bits per heavy atom. The van der Waals surface area contributed by atoms with Gasteiger partial charge in [-0.15, -0.1) is 11.8 Å². The van der Waals surface area contributed by atoms with Gasteiger partial charge in [0, 0.05) is 33.4 Å². The lowest BCUT2D eigenvalue weighted by Gasteiger charge is -2.43. The molecule has 242 valence electrons. The summed E-state index contributed by atoms with van der Waals surface area (Å²) in [5.41, 5.74) is 0. The van der Waals surface area contributed by atoms with E-state index in [0.717, 1.165) is 54.1 Å². The molecular weight excluding hydrogens is 613 g/mol. The van der Waals surface area contributed by atoms with Crippen LogP contribution in [0, 0.1) is 0 Å². The zero-order valence-electron chi connectivity index (χ0n) is 23.8. The van der Waals surface area contributed by atoms with Gasteiger partial charge in [0.15, 0.2) is 12.2 Å². The Balaban J connectivity index is 3.76. The normalized spacial score (nSPS) is 21.7. The van der Waals surface area contributed by atoms with E-state index in [4.69, 9.17) is 23.7 Å². The van der Waals surface area contributed by atoms with E-state index in [9.17, 15) is 46.7 Å². The van der Waals surface area contributed by atoms with Gasteiger partial charge in [0.1, 0.15) is 18.8 Å². The molecule has 43 heavy (non-hydrogen) atoms. The van der Waals surface area contributed by atoms with Crippen LogP contribution in [0.5, 0.6) is 0 Å². The van der Waals surface area contributed by atoms with E-state index >= 15 is 0 Å². The summed E-state index contributed by atoms with van der Waals surface area (Å²) in [5.74, 6) is -8.59. The van der Waals surface area contributed by atoms with Crippen LogP contribution in [-0.2, 0) is 62.0 Å². The average molecular weight is 645 g/mol. The summed E-state index contributed by atoms with van der Waals surface area (Å²) in [7, 11) is 1.97. The van der Waals surface area contributed by atoms with Gasteiger partial charge >= 0.3 is 41.9 Å². The fourth-order valence-corrected chi connectivity index (χ4v) is 4.80. The lowest BCUT2D eigenvalue weighted by molar-refractivity contribution is -0.199. The minimum atomic E-state index is -5.39. The summed E-state index contributed by atoms with van der Waals surface area (Å²) in [6.07, 6.45) is -9.17. The highest BCUT2D eigenvalue weighted by Crippen LogP contribution is 2.38. The van der Waals surface area contributed by atoms with Crippen molar-refractivity contribution in [2.24, 2.45) is 0 Å². The van der Waals surface area contributed by atoms with Crippen molar-refractivity contribution in [1.82, 2.24) is 10.6 Å². The second-order valence-corrected chi connectivity index (χ2v) is 9.94. The minimum absolute atomic E-state index is 0.433. The molecule has 1 heterocycles. The third kappa shape index (κ3) is 11.4. The molecule has 1 rings (SSSR count). The lowest BCUT2D eigenvalue weighted by atomic mass is 9.96. The second kappa shape index (κ2) is 16.1. The first kappa shape index (κ1) is 37.2. The van der Waals surface area contributed by atoms with Gasteiger partial charge in [-0.25, -0.2) is 9.59 Å². The fourth-order valence-electron chi connectivity index (χ4n) is 3.61. The van der Waals surface area contributed by atoms with Crippen LogP contribution in [0.3, 0.4) is 0 Å². The second-order valence-electron chi connectivity index (χ2n) is 8.71. The number of nitrogens with one attached hydrogen (secondary N) is 2. The molecule has 0 spiro atoms. The fraction of sp³-hybridized carbons (Fsp3) is 0.625. The summed E-state index contributed by atoms with van der Waals surface area (Å²) in [6, 6.07) is -3.16. The smallest absolute Gasteiger partial charge is 0.467 e. The molecule has 0 aromatic carbocycles. The molecule has 19 heteroatoms. The van der Waals surface area contributed by atoms with Crippen LogP contribution in [0.15, 0.2) is 12.2 Å². The summed E-state index contributed by atoms with van der Waals surface area (Å²) in [6.45, 7) is 3.12. The Morgan fingerprint density at radius 3 is 2.02 bits per heavy atom. The maximum absolute atomic E-state index is 13.2. The highest BCUT2D eigenvalue weighted by molar-refractivity contribution is 8.01. The van der Waals surface area contributed by atoms with Crippen molar-refractivity contribution >= 4 is 53.4 Å². The number of carbonyl (C=O) groups excluding carboxylic acids is 7. The Hall–Kier alpha value is -3.87. The van der Waals surface area contributed by atoms with E-state index in [1.807, 2.05) is 0 Å². The van der Waals surface area contributed by atoms with E-state index < -0.39 is 95.5 Å². The topological polar surface area (TPSA) is 199 Å².